The van der Waals surface area contributed by atoms with Gasteiger partial charge < -0.3 is 4.98 Å². The number of nitrogens with one attached hydrogen (secondary N) is 1. The average Bonchev–Trinajstić information content (AvgIpc) is 2.44. The summed E-state index contributed by atoms with van der Waals surface area (Å²) in [6.45, 7) is 0. The maximum atomic E-state index is 11.0. The van der Waals surface area contributed by atoms with Gasteiger partial charge in [0, 0.05) is 0 Å². The van der Waals surface area contributed by atoms with E-state index in [4.69, 9.17) is 0 Å². The van der Waals surface area contributed by atoms with Crippen molar-refractivity contribution in [2.45, 2.75) is 0 Å². The number of thiocarbonyl (C=S) groups is 1. The van der Waals surface area contributed by atoms with Crippen molar-refractivity contribution in [1.29, 1.82) is 0 Å². The molecule has 5 heteroatoms. The molecule has 0 spiro atoms. The number of H-pyrrole nitrogens is 1. The van der Waals surface area contributed by atoms with Gasteiger partial charge in [-0.15, -0.1) is 0 Å². The number of thiazole rings is 1. The molecule has 0 radical (unpaired) electrons. The van der Waals surface area contributed by atoms with Gasteiger partial charge >= 0.3 is 4.87 Å². The fourth-order valence-electron chi connectivity index (χ4n) is 1.06. The zero-order valence-electron chi connectivity index (χ0n) is 6.40. The van der Waals surface area contributed by atoms with Crippen molar-refractivity contribution in [2.24, 2.45) is 4.99 Å². The molecule has 0 bridgehead atoms. The van der Waals surface area contributed by atoms with Gasteiger partial charge in [0.2, 0.25) is 0 Å². The largest absolute Gasteiger partial charge is 0.312 e. The Hall–Kier alpha value is -1.29. The zero-order chi connectivity index (χ0) is 9.26. The first-order chi connectivity index (χ1) is 6.29. The van der Waals surface area contributed by atoms with Gasteiger partial charge in [-0.2, -0.15) is 4.99 Å². The maximum Gasteiger partial charge on any atom is 0.305 e. The van der Waals surface area contributed by atoms with E-state index in [2.05, 4.69) is 27.4 Å². The van der Waals surface area contributed by atoms with Crippen LogP contribution in [0.5, 0.6) is 0 Å². The number of rotatable bonds is 1. The molecule has 0 saturated heterocycles. The number of hydrogen-bond acceptors (Lipinski definition) is 4. The maximum absolute atomic E-state index is 11.0. The van der Waals surface area contributed by atoms with E-state index in [1.807, 2.05) is 6.07 Å². The Morgan fingerprint density at radius 1 is 1.54 bits per heavy atom. The molecule has 64 valence electrons. The van der Waals surface area contributed by atoms with Crippen molar-refractivity contribution in [3.05, 3.63) is 27.9 Å². The summed E-state index contributed by atoms with van der Waals surface area (Å²) in [7, 11) is 0. The normalized spacial score (nSPS) is 9.85. The van der Waals surface area contributed by atoms with Crippen LogP contribution in [-0.4, -0.2) is 10.1 Å². The van der Waals surface area contributed by atoms with Crippen LogP contribution >= 0.6 is 23.6 Å². The lowest BCUT2D eigenvalue weighted by molar-refractivity contribution is 1.40. The van der Waals surface area contributed by atoms with Gasteiger partial charge in [-0.25, -0.2) is 0 Å². The number of hydrogen-bond donors (Lipinski definition) is 1. The summed E-state index contributed by atoms with van der Waals surface area (Å²) < 4.78 is 0.924. The van der Waals surface area contributed by atoms with Gasteiger partial charge in [0.1, 0.15) is 0 Å². The third-order valence-electron chi connectivity index (χ3n) is 1.58. The number of nitrogens with zero attached hydrogens (tertiary/aromatic N) is 1. The molecule has 0 aliphatic carbocycles. The molecule has 1 aromatic heterocycles. The molecule has 2 rings (SSSR count). The SMILES string of the molecule is O=c1[nH]c2cc(N=C=S)ccc2s1. The van der Waals surface area contributed by atoms with Crippen molar-refractivity contribution in [1.82, 2.24) is 4.98 Å². The van der Waals surface area contributed by atoms with Crippen LogP contribution in [0, 0.1) is 0 Å². The highest BCUT2D eigenvalue weighted by Gasteiger charge is 1.98. The number of fused-ring (bicyclic) bond motifs is 1. The minimum atomic E-state index is -0.0570. The van der Waals surface area contributed by atoms with Crippen molar-refractivity contribution in [2.75, 3.05) is 0 Å². The van der Waals surface area contributed by atoms with Crippen LogP contribution in [0.15, 0.2) is 28.0 Å². The van der Waals surface area contributed by atoms with Crippen molar-refractivity contribution < 1.29 is 0 Å². The quantitative estimate of drug-likeness (QED) is 0.577. The lowest BCUT2D eigenvalue weighted by Crippen LogP contribution is -1.89. The Morgan fingerprint density at radius 3 is 3.15 bits per heavy atom. The summed E-state index contributed by atoms with van der Waals surface area (Å²) in [6.07, 6.45) is 0. The molecule has 0 aliphatic heterocycles. The number of aliphatic imine (C=N–C) groups is 1. The van der Waals surface area contributed by atoms with E-state index in [0.717, 1.165) is 10.2 Å². The molecule has 0 atom stereocenters. The summed E-state index contributed by atoms with van der Waals surface area (Å²) >= 11 is 5.66. The van der Waals surface area contributed by atoms with E-state index in [1.54, 1.807) is 12.1 Å². The van der Waals surface area contributed by atoms with E-state index < -0.39 is 0 Å². The van der Waals surface area contributed by atoms with Crippen LogP contribution in [0.3, 0.4) is 0 Å². The van der Waals surface area contributed by atoms with Crippen molar-refractivity contribution in [3.63, 3.8) is 0 Å². The van der Waals surface area contributed by atoms with Gasteiger partial charge in [0.15, 0.2) is 0 Å². The standard InChI is InChI=1S/C8H4N2OS2/c11-8-10-6-3-5(9-4-12)1-2-7(6)13-8/h1-3H,(H,10,11). The Morgan fingerprint density at radius 2 is 2.38 bits per heavy atom. The number of benzene rings is 1. The van der Waals surface area contributed by atoms with E-state index in [0.29, 0.717) is 5.69 Å². The molecule has 0 saturated carbocycles. The van der Waals surface area contributed by atoms with Crippen LogP contribution in [0.1, 0.15) is 0 Å². The Bertz CT molecular complexity index is 549. The van der Waals surface area contributed by atoms with Gasteiger partial charge in [0.05, 0.1) is 21.1 Å². The van der Waals surface area contributed by atoms with Crippen LogP contribution in [0.2, 0.25) is 0 Å². The van der Waals surface area contributed by atoms with Crippen molar-refractivity contribution >= 4 is 44.6 Å². The monoisotopic (exact) mass is 208 g/mol. The highest BCUT2D eigenvalue weighted by Crippen LogP contribution is 2.20. The summed E-state index contributed by atoms with van der Waals surface area (Å²) in [5, 5.41) is 2.28. The predicted octanol–water partition coefficient (Wildman–Crippen LogP) is 2.32. The molecular formula is C8H4N2OS2. The summed E-state index contributed by atoms with van der Waals surface area (Å²) in [5.41, 5.74) is 1.50. The molecule has 0 amide bonds. The highest BCUT2D eigenvalue weighted by atomic mass is 32.1. The van der Waals surface area contributed by atoms with Gasteiger partial charge in [-0.05, 0) is 30.4 Å². The lowest BCUT2D eigenvalue weighted by Gasteiger charge is -1.89. The fraction of sp³-hybridized carbons (Fsp3) is 0. The second kappa shape index (κ2) is 3.22. The highest BCUT2D eigenvalue weighted by molar-refractivity contribution is 7.78. The zero-order valence-corrected chi connectivity index (χ0v) is 8.04. The molecule has 1 N–H and O–H groups in total. The molecule has 0 fully saturated rings. The molecule has 0 unspecified atom stereocenters. The minimum absolute atomic E-state index is 0.0570. The molecule has 1 heterocycles. The van der Waals surface area contributed by atoms with Gasteiger partial charge in [-0.3, -0.25) is 4.79 Å². The molecule has 1 aromatic carbocycles. The summed E-state index contributed by atoms with van der Waals surface area (Å²) in [4.78, 5) is 17.4. The Labute approximate surface area is 82.8 Å². The van der Waals surface area contributed by atoms with Gasteiger partial charge in [-0.1, -0.05) is 11.3 Å². The fourth-order valence-corrected chi connectivity index (χ4v) is 1.88. The number of isothiocyanates is 1. The average molecular weight is 208 g/mol. The summed E-state index contributed by atoms with van der Waals surface area (Å²) in [5.74, 6) is 0. The first-order valence-electron chi connectivity index (χ1n) is 3.50. The molecule has 0 aliphatic rings. The van der Waals surface area contributed by atoms with Crippen LogP contribution in [0.25, 0.3) is 10.2 Å². The molecule has 13 heavy (non-hydrogen) atoms. The third-order valence-corrected chi connectivity index (χ3v) is 2.53. The van der Waals surface area contributed by atoms with Crippen molar-refractivity contribution in [3.8, 4) is 0 Å². The smallest absolute Gasteiger partial charge is 0.305 e. The molecular weight excluding hydrogens is 204 g/mol. The summed E-state index contributed by atoms with van der Waals surface area (Å²) in [6, 6.07) is 5.40. The third kappa shape index (κ3) is 1.58. The van der Waals surface area contributed by atoms with Gasteiger partial charge in [0.25, 0.3) is 0 Å². The first kappa shape index (κ1) is 8.31. The van der Waals surface area contributed by atoms with Crippen LogP contribution < -0.4 is 4.87 Å². The predicted molar refractivity (Wildman–Crippen MR) is 57.1 cm³/mol. The molecule has 2 aromatic rings. The van der Waals surface area contributed by atoms with Crippen LogP contribution in [-0.2, 0) is 0 Å². The second-order valence-corrected chi connectivity index (χ2v) is 3.60. The Kier molecular flexibility index (Phi) is 2.06. The Balaban J connectivity index is 2.74. The van der Waals surface area contributed by atoms with E-state index in [1.165, 1.54) is 11.3 Å². The topological polar surface area (TPSA) is 45.2 Å². The van der Waals surface area contributed by atoms with E-state index in [9.17, 15) is 4.79 Å². The molecule has 3 nitrogen and oxygen atoms in total. The first-order valence-corrected chi connectivity index (χ1v) is 4.73. The van der Waals surface area contributed by atoms with E-state index >= 15 is 0 Å². The second-order valence-electron chi connectivity index (χ2n) is 2.40. The number of aromatic nitrogens is 1. The van der Waals surface area contributed by atoms with E-state index in [-0.39, 0.29) is 4.87 Å². The minimum Gasteiger partial charge on any atom is -0.312 e. The van der Waals surface area contributed by atoms with Crippen LogP contribution in [0.4, 0.5) is 5.69 Å². The lowest BCUT2D eigenvalue weighted by atomic mass is 10.3. The number of aromatic amines is 1.